The fraction of sp³-hybridized carbons (Fsp3) is 0.787. The van der Waals surface area contributed by atoms with Crippen molar-refractivity contribution in [2.75, 3.05) is 39.3 Å². The molecule has 12 N–H and O–H groups in total. The van der Waals surface area contributed by atoms with E-state index in [0.29, 0.717) is 69.5 Å². The van der Waals surface area contributed by atoms with E-state index in [-0.39, 0.29) is 236 Å². The minimum absolute atomic E-state index is 0. The highest BCUT2D eigenvalue weighted by Crippen LogP contribution is 2.67. The first-order valence-electron chi connectivity index (χ1n) is 41.6. The van der Waals surface area contributed by atoms with Crippen LogP contribution >= 0.6 is 0 Å². The van der Waals surface area contributed by atoms with Crippen LogP contribution in [0, 0.1) is 121 Å². The Bertz CT molecular complexity index is 3620. The van der Waals surface area contributed by atoms with E-state index in [0.717, 1.165) is 69.9 Å². The van der Waals surface area contributed by atoms with Gasteiger partial charge in [-0.25, -0.2) is 0 Å². The van der Waals surface area contributed by atoms with Gasteiger partial charge in [0, 0.05) is 115 Å². The highest BCUT2D eigenvalue weighted by molar-refractivity contribution is 6.36. The second-order valence-electron chi connectivity index (χ2n) is 40.6. The van der Waals surface area contributed by atoms with Gasteiger partial charge in [-0.05, 0) is 117 Å². The standard InChI is InChI=1S/C30H47N3O6.C30H45N3O6.C27H45N3O5.2CH4.ClH.HI/c2*1-7-23(36)32-15-19(12-20(34)14-29(2,3)4)28(39)33-16-21-24(30(21,5)6)25(33)22(35)13-18(26(37)27(31)38)11-17-9-8-10-17;1-26(2,3)12-18(31)10-17(13-28)25(35)30-14-19-21(27(19,4)5)22(30)20(32)11-16(23(33)24(29)34)9-15-7-6-8-15;;;;/h7,17-19,21,24-26,37H,1,8-16H2,2-6H3,(H2,31,38)(H,32,36);7,17-19,21,24-25H,1,8-16H2,2-6H3,(H2,31,38)(H,32,36);15-17,19,21-23,33H,6-14,28H2,1-5H3,(H2,29,34);2*1H4;2*1H/p-2/t18?,19-,21?,24-,25+,26?;18?,19-,21?,24-,25+;16?,17-,19?,21-,22+,23?;;;;/m000..../s1. The Hall–Kier alpha value is -6.17. The maximum Gasteiger partial charge on any atom is 0.285 e. The zero-order valence-electron chi connectivity index (χ0n) is 71.1. The molecule has 117 heavy (non-hydrogen) atoms. The number of nitrogens with two attached hydrogens (primary N) is 4. The van der Waals surface area contributed by atoms with E-state index in [4.69, 9.17) is 22.9 Å². The Morgan fingerprint density at radius 1 is 0.444 bits per heavy atom. The Morgan fingerprint density at radius 2 is 0.718 bits per heavy atom. The van der Waals surface area contributed by atoms with Crippen molar-refractivity contribution >= 4 is 87.7 Å². The number of ketones is 7. The normalized spacial score (nSPS) is 25.4. The van der Waals surface area contributed by atoms with Crippen molar-refractivity contribution in [3.05, 3.63) is 25.3 Å². The summed E-state index contributed by atoms with van der Waals surface area (Å²) in [5.41, 5.74) is 21.1. The molecule has 8 unspecified atom stereocenters. The van der Waals surface area contributed by atoms with Crippen LogP contribution in [-0.2, 0) is 71.9 Å². The molecule has 0 spiro atoms. The van der Waals surface area contributed by atoms with Gasteiger partial charge in [0.25, 0.3) is 5.91 Å². The van der Waals surface area contributed by atoms with E-state index in [1.54, 1.807) is 14.7 Å². The SMILES string of the molecule is C.C.C=CC(=O)NC[C@H](CC(=O)CC(C)(C)C)C(=O)N1CC2[C@@H]([C@H]1C(=O)CC(CC1CCC1)C(=O)C(N)=O)C2(C)C.C=CC(=O)NC[C@H](CC(=O)CC(C)(C)C)C(=O)N1CC2[C@@H]([C@H]1C(=O)CC(CC1CCC1)C(O)C(N)=O)C2(C)C.CC(C)(C)CC(=O)C[C@@H](CN)C(=O)N1CC2[C@@H]([C@H]1C(=O)CC(CC1CCC1)C(O)C(N)=O)C2(C)C.[Cl-].[I-]. The molecule has 9 fully saturated rings. The maximum absolute atomic E-state index is 13.9. The Labute approximate surface area is 719 Å². The number of piperidine rings is 3. The first-order valence-corrected chi connectivity index (χ1v) is 41.6. The number of aliphatic hydroxyl groups is 2. The van der Waals surface area contributed by atoms with E-state index < -0.39 is 101 Å². The number of halogens is 2. The number of fused-ring (bicyclic) bond motifs is 3. The summed E-state index contributed by atoms with van der Waals surface area (Å²) < 4.78 is 0. The summed E-state index contributed by atoms with van der Waals surface area (Å²) in [6, 6.07) is -2.05. The van der Waals surface area contributed by atoms with E-state index in [9.17, 15) is 82.1 Å². The van der Waals surface area contributed by atoms with Crippen LogP contribution in [0.3, 0.4) is 0 Å². The Morgan fingerprint density at radius 3 is 0.966 bits per heavy atom. The van der Waals surface area contributed by atoms with Crippen LogP contribution in [0.5, 0.6) is 0 Å². The van der Waals surface area contributed by atoms with Gasteiger partial charge in [-0.3, -0.25) is 71.9 Å². The van der Waals surface area contributed by atoms with Crippen molar-refractivity contribution in [2.24, 2.45) is 144 Å². The van der Waals surface area contributed by atoms with Crippen LogP contribution in [-0.4, -0.2) is 182 Å². The predicted octanol–water partition coefficient (Wildman–Crippen LogP) is 2.33. The summed E-state index contributed by atoms with van der Waals surface area (Å²) in [6.45, 7) is 38.3. The number of Topliss-reactive ketones (excluding diaryl/α,β-unsaturated/α-hetero) is 7. The summed E-state index contributed by atoms with van der Waals surface area (Å²) in [4.78, 5) is 198. The molecule has 0 bridgehead atoms. The molecule has 0 radical (unpaired) electrons. The molecule has 6 saturated carbocycles. The second-order valence-corrected chi connectivity index (χ2v) is 40.6. The predicted molar refractivity (Wildman–Crippen MR) is 439 cm³/mol. The van der Waals surface area contributed by atoms with Crippen molar-refractivity contribution in [2.45, 2.75) is 284 Å². The third-order valence-electron chi connectivity index (χ3n) is 26.8. The topological polar surface area (TPSA) is 434 Å². The van der Waals surface area contributed by atoms with Gasteiger partial charge in [0.2, 0.25) is 47.1 Å². The largest absolute Gasteiger partial charge is 1.00 e. The highest BCUT2D eigenvalue weighted by Gasteiger charge is 2.72. The highest BCUT2D eigenvalue weighted by atomic mass is 127. The molecule has 0 aromatic carbocycles. The summed E-state index contributed by atoms with van der Waals surface area (Å²) in [5, 5.41) is 26.3. The van der Waals surface area contributed by atoms with Gasteiger partial charge >= 0.3 is 0 Å². The summed E-state index contributed by atoms with van der Waals surface area (Å²) >= 11 is 0. The quantitative estimate of drug-likeness (QED) is 0.0248. The van der Waals surface area contributed by atoms with Crippen LogP contribution in [0.1, 0.15) is 254 Å². The molecule has 28 heteroatoms. The molecule has 3 aliphatic heterocycles. The maximum atomic E-state index is 13.9. The molecular weight excluding hydrogens is 1630 g/mol. The van der Waals surface area contributed by atoms with Crippen molar-refractivity contribution < 1.29 is 119 Å². The summed E-state index contributed by atoms with van der Waals surface area (Å²) in [7, 11) is 0. The first kappa shape index (κ1) is 105. The van der Waals surface area contributed by atoms with Crippen molar-refractivity contribution in [3.63, 3.8) is 0 Å². The number of likely N-dealkylation sites (tertiary alicyclic amines) is 3. The number of carbonyl (C=O) groups is 15. The molecule has 3 heterocycles. The number of carbonyl (C=O) groups excluding carboxylic acids is 15. The van der Waals surface area contributed by atoms with Crippen LogP contribution in [0.15, 0.2) is 25.3 Å². The monoisotopic (exact) mass is 1770 g/mol. The molecule has 9 rings (SSSR count). The molecule has 8 amide bonds. The van der Waals surface area contributed by atoms with Gasteiger partial charge in [0.1, 0.15) is 29.6 Å². The molecule has 26 nitrogen and oxygen atoms in total. The second kappa shape index (κ2) is 42.6. The van der Waals surface area contributed by atoms with Gasteiger partial charge in [0.05, 0.1) is 35.9 Å². The molecular formula is C89H145ClIN9O17-2. The molecule has 664 valence electrons. The number of primary amides is 3. The fourth-order valence-electron chi connectivity index (χ4n) is 19.7. The van der Waals surface area contributed by atoms with Crippen LogP contribution in [0.2, 0.25) is 0 Å². The van der Waals surface area contributed by atoms with E-state index in [2.05, 4.69) is 65.3 Å². The molecule has 9 aliphatic rings. The first-order chi connectivity index (χ1) is 52.3. The van der Waals surface area contributed by atoms with Gasteiger partial charge in [-0.2, -0.15) is 0 Å². The van der Waals surface area contributed by atoms with Gasteiger partial charge < -0.3 is 94.9 Å². The zero-order valence-corrected chi connectivity index (χ0v) is 74.0. The average molecular weight is 1780 g/mol. The smallest absolute Gasteiger partial charge is 0.285 e. The van der Waals surface area contributed by atoms with Crippen molar-refractivity contribution in [3.8, 4) is 0 Å². The third-order valence-corrected chi connectivity index (χ3v) is 26.8. The lowest BCUT2D eigenvalue weighted by molar-refractivity contribution is -0.145. The Balaban J connectivity index is 0.000000447. The molecule has 0 aromatic rings. The summed E-state index contributed by atoms with van der Waals surface area (Å²) in [5.74, 6) is -8.62. The van der Waals surface area contributed by atoms with Crippen LogP contribution in [0.4, 0.5) is 0 Å². The fourth-order valence-corrected chi connectivity index (χ4v) is 19.7. The number of nitrogens with one attached hydrogen (secondary N) is 2. The van der Waals surface area contributed by atoms with Crippen molar-refractivity contribution in [1.29, 1.82) is 0 Å². The van der Waals surface area contributed by atoms with Gasteiger partial charge in [-0.15, -0.1) is 0 Å². The number of hydrogen-bond acceptors (Lipinski definition) is 18. The lowest BCUT2D eigenvalue weighted by atomic mass is 9.75. The number of aliphatic hydroxyl groups excluding tert-OH is 2. The Kier molecular flexibility index (Phi) is 38.2. The third kappa shape index (κ3) is 27.2. The molecule has 0 aromatic heterocycles. The van der Waals surface area contributed by atoms with E-state index in [1.807, 2.05) is 62.3 Å². The van der Waals surface area contributed by atoms with E-state index in [1.165, 1.54) is 0 Å². The number of nitrogens with zero attached hydrogens (tertiary/aromatic N) is 3. The molecule has 3 saturated heterocycles. The molecule has 6 aliphatic carbocycles. The molecule has 17 atom stereocenters. The lowest BCUT2D eigenvalue weighted by Crippen LogP contribution is -3.00. The van der Waals surface area contributed by atoms with E-state index >= 15 is 0 Å². The average Bonchev–Trinajstić information content (AvgIpc) is 1.54. The zero-order chi connectivity index (χ0) is 84.9. The van der Waals surface area contributed by atoms with Gasteiger partial charge in [0.15, 0.2) is 17.3 Å². The lowest BCUT2D eigenvalue weighted by Gasteiger charge is -2.35. The number of hydrogen-bond donors (Lipinski definition) is 8. The van der Waals surface area contributed by atoms with Gasteiger partial charge in [-0.1, -0.05) is 190 Å². The summed E-state index contributed by atoms with van der Waals surface area (Å²) in [6.07, 6.45) is 11.1. The van der Waals surface area contributed by atoms with Crippen LogP contribution in [0.25, 0.3) is 0 Å². The number of rotatable bonds is 40. The van der Waals surface area contributed by atoms with Crippen molar-refractivity contribution in [1.82, 2.24) is 25.3 Å². The number of amides is 8. The minimum Gasteiger partial charge on any atom is -1.00 e. The minimum atomic E-state index is -1.42. The van der Waals surface area contributed by atoms with Crippen LogP contribution < -0.4 is 70.0 Å².